The highest BCUT2D eigenvalue weighted by Gasteiger charge is 2.15. The maximum absolute atomic E-state index is 12.6. The van der Waals surface area contributed by atoms with Crippen molar-refractivity contribution >= 4 is 34.1 Å². The van der Waals surface area contributed by atoms with E-state index in [0.717, 1.165) is 16.3 Å². The molecule has 5 heteroatoms. The largest absolute Gasteiger partial charge is 0.457 e. The predicted molar refractivity (Wildman–Crippen MR) is 119 cm³/mol. The quantitative estimate of drug-likeness (QED) is 0.416. The summed E-state index contributed by atoms with van der Waals surface area (Å²) in [4.78, 5) is 25.2. The van der Waals surface area contributed by atoms with E-state index in [9.17, 15) is 9.59 Å². The van der Waals surface area contributed by atoms with Crippen molar-refractivity contribution in [1.82, 2.24) is 0 Å². The Labute approximate surface area is 174 Å². The first-order chi connectivity index (χ1) is 14.7. The van der Waals surface area contributed by atoms with Gasteiger partial charge in [-0.05, 0) is 29.1 Å². The van der Waals surface area contributed by atoms with Crippen molar-refractivity contribution in [3.05, 3.63) is 108 Å². The molecule has 0 saturated carbocycles. The predicted octanol–water partition coefficient (Wildman–Crippen LogP) is 5.84. The third-order valence-corrected chi connectivity index (χ3v) is 4.65. The number of carbonyl (C=O) groups excluding carboxylic acids is 2. The minimum Gasteiger partial charge on any atom is -0.457 e. The van der Waals surface area contributed by atoms with E-state index in [2.05, 4.69) is 10.6 Å². The van der Waals surface area contributed by atoms with E-state index in [1.807, 2.05) is 72.8 Å². The van der Waals surface area contributed by atoms with E-state index in [1.54, 1.807) is 24.3 Å². The number of amides is 2. The molecule has 0 aliphatic heterocycles. The van der Waals surface area contributed by atoms with Gasteiger partial charge in [0.25, 0.3) is 0 Å². The molecule has 4 aromatic carbocycles. The van der Waals surface area contributed by atoms with Crippen LogP contribution in [0.3, 0.4) is 0 Å². The smallest absolute Gasteiger partial charge is 0.340 e. The van der Waals surface area contributed by atoms with E-state index < -0.39 is 12.0 Å². The van der Waals surface area contributed by atoms with Gasteiger partial charge in [0.05, 0.1) is 16.9 Å². The van der Waals surface area contributed by atoms with Gasteiger partial charge in [-0.25, -0.2) is 9.59 Å². The zero-order valence-corrected chi connectivity index (χ0v) is 16.2. The van der Waals surface area contributed by atoms with Crippen LogP contribution in [0.25, 0.3) is 10.8 Å². The molecule has 0 saturated heterocycles. The van der Waals surface area contributed by atoms with E-state index in [4.69, 9.17) is 4.74 Å². The highest BCUT2D eigenvalue weighted by Crippen LogP contribution is 2.24. The SMILES string of the molecule is O=C(Nc1ccccc1C(=O)OCc1ccccc1)Nc1cccc2ccccc12. The van der Waals surface area contributed by atoms with Crippen molar-refractivity contribution < 1.29 is 14.3 Å². The second-order valence-electron chi connectivity index (χ2n) is 6.71. The van der Waals surface area contributed by atoms with Gasteiger partial charge in [-0.15, -0.1) is 0 Å². The molecular weight excluding hydrogens is 376 g/mol. The highest BCUT2D eigenvalue weighted by molar-refractivity contribution is 6.08. The number of carbonyl (C=O) groups is 2. The number of benzene rings is 4. The van der Waals surface area contributed by atoms with Gasteiger partial charge >= 0.3 is 12.0 Å². The van der Waals surface area contributed by atoms with E-state index in [0.29, 0.717) is 16.9 Å². The molecule has 2 N–H and O–H groups in total. The van der Waals surface area contributed by atoms with Crippen LogP contribution in [0, 0.1) is 0 Å². The van der Waals surface area contributed by atoms with Gasteiger partial charge in [-0.2, -0.15) is 0 Å². The molecule has 0 unspecified atom stereocenters. The Morgan fingerprint density at radius 3 is 2.17 bits per heavy atom. The van der Waals surface area contributed by atoms with E-state index in [1.165, 1.54) is 0 Å². The minimum atomic E-state index is -0.500. The van der Waals surface area contributed by atoms with Crippen molar-refractivity contribution in [2.75, 3.05) is 10.6 Å². The zero-order chi connectivity index (χ0) is 20.8. The lowest BCUT2D eigenvalue weighted by Gasteiger charge is -2.13. The van der Waals surface area contributed by atoms with Gasteiger partial charge in [0.2, 0.25) is 0 Å². The van der Waals surface area contributed by atoms with E-state index in [-0.39, 0.29) is 6.61 Å². The minimum absolute atomic E-state index is 0.163. The van der Waals surface area contributed by atoms with Crippen LogP contribution < -0.4 is 10.6 Å². The Morgan fingerprint density at radius 2 is 1.30 bits per heavy atom. The molecule has 0 aromatic heterocycles. The van der Waals surface area contributed by atoms with Crippen LogP contribution in [0.15, 0.2) is 97.1 Å². The van der Waals surface area contributed by atoms with Crippen LogP contribution >= 0.6 is 0 Å². The van der Waals surface area contributed by atoms with Crippen LogP contribution in [0.5, 0.6) is 0 Å². The molecule has 2 amide bonds. The van der Waals surface area contributed by atoms with Crippen LogP contribution in [-0.4, -0.2) is 12.0 Å². The first kappa shape index (κ1) is 19.2. The maximum Gasteiger partial charge on any atom is 0.340 e. The molecule has 0 spiro atoms. The monoisotopic (exact) mass is 396 g/mol. The molecule has 0 aliphatic rings. The summed E-state index contributed by atoms with van der Waals surface area (Å²) < 4.78 is 5.40. The number of anilines is 2. The van der Waals surface area contributed by atoms with Crippen molar-refractivity contribution in [1.29, 1.82) is 0 Å². The van der Waals surface area contributed by atoms with Crippen LogP contribution in [0.4, 0.5) is 16.2 Å². The fourth-order valence-corrected chi connectivity index (χ4v) is 3.18. The average Bonchev–Trinajstić information content (AvgIpc) is 2.79. The third kappa shape index (κ3) is 4.47. The van der Waals surface area contributed by atoms with Gasteiger partial charge < -0.3 is 15.4 Å². The standard InChI is InChI=1S/C25H20N2O3/c28-24(30-17-18-9-2-1-3-10-18)21-14-6-7-15-23(21)27-25(29)26-22-16-8-12-19-11-4-5-13-20(19)22/h1-16H,17H2,(H2,26,27,29). The highest BCUT2D eigenvalue weighted by atomic mass is 16.5. The Bertz CT molecular complexity index is 1180. The van der Waals surface area contributed by atoms with Crippen molar-refractivity contribution in [3.8, 4) is 0 Å². The first-order valence-electron chi connectivity index (χ1n) is 9.56. The molecule has 0 fully saturated rings. The summed E-state index contributed by atoms with van der Waals surface area (Å²) in [6.45, 7) is 0.163. The average molecular weight is 396 g/mol. The molecule has 148 valence electrons. The molecule has 0 atom stereocenters. The summed E-state index contributed by atoms with van der Waals surface area (Å²) in [5.41, 5.74) is 2.26. The number of urea groups is 1. The fourth-order valence-electron chi connectivity index (χ4n) is 3.18. The van der Waals surface area contributed by atoms with Crippen molar-refractivity contribution in [2.45, 2.75) is 6.61 Å². The summed E-state index contributed by atoms with van der Waals surface area (Å²) in [7, 11) is 0. The van der Waals surface area contributed by atoms with Gasteiger partial charge in [-0.1, -0.05) is 78.9 Å². The van der Waals surface area contributed by atoms with Crippen LogP contribution in [0.2, 0.25) is 0 Å². The number of nitrogens with one attached hydrogen (secondary N) is 2. The zero-order valence-electron chi connectivity index (χ0n) is 16.2. The Kier molecular flexibility index (Phi) is 5.71. The molecule has 0 heterocycles. The number of para-hydroxylation sites is 1. The Morgan fingerprint density at radius 1 is 0.667 bits per heavy atom. The number of hydrogen-bond donors (Lipinski definition) is 2. The van der Waals surface area contributed by atoms with Gasteiger partial charge in [0, 0.05) is 5.39 Å². The summed E-state index contributed by atoms with van der Waals surface area (Å²) in [6, 6.07) is 29.3. The fraction of sp³-hybridized carbons (Fsp3) is 0.0400. The first-order valence-corrected chi connectivity index (χ1v) is 9.56. The van der Waals surface area contributed by atoms with E-state index >= 15 is 0 Å². The lowest BCUT2D eigenvalue weighted by molar-refractivity contribution is 0.0474. The normalized spacial score (nSPS) is 10.4. The molecular formula is C25H20N2O3. The number of hydrogen-bond acceptors (Lipinski definition) is 3. The third-order valence-electron chi connectivity index (χ3n) is 4.65. The van der Waals surface area contributed by atoms with Gasteiger partial charge in [0.1, 0.15) is 6.61 Å². The number of esters is 1. The van der Waals surface area contributed by atoms with Gasteiger partial charge in [-0.3, -0.25) is 0 Å². The Hall–Kier alpha value is -4.12. The molecule has 0 radical (unpaired) electrons. The van der Waals surface area contributed by atoms with Crippen molar-refractivity contribution in [2.24, 2.45) is 0 Å². The summed E-state index contributed by atoms with van der Waals surface area (Å²) in [5.74, 6) is -0.500. The Balaban J connectivity index is 1.47. The maximum atomic E-state index is 12.6. The lowest BCUT2D eigenvalue weighted by atomic mass is 10.1. The number of ether oxygens (including phenoxy) is 1. The topological polar surface area (TPSA) is 67.4 Å². The van der Waals surface area contributed by atoms with Crippen molar-refractivity contribution in [3.63, 3.8) is 0 Å². The molecule has 0 bridgehead atoms. The van der Waals surface area contributed by atoms with Crippen LogP contribution in [-0.2, 0) is 11.3 Å². The molecule has 30 heavy (non-hydrogen) atoms. The summed E-state index contributed by atoms with van der Waals surface area (Å²) in [6.07, 6.45) is 0. The summed E-state index contributed by atoms with van der Waals surface area (Å²) in [5, 5.41) is 7.57. The number of fused-ring (bicyclic) bond motifs is 1. The molecule has 0 aliphatic carbocycles. The second kappa shape index (κ2) is 8.92. The summed E-state index contributed by atoms with van der Waals surface area (Å²) >= 11 is 0. The lowest BCUT2D eigenvalue weighted by Crippen LogP contribution is -2.21. The van der Waals surface area contributed by atoms with Gasteiger partial charge in [0.15, 0.2) is 0 Å². The molecule has 4 aromatic rings. The molecule has 5 nitrogen and oxygen atoms in total. The molecule has 4 rings (SSSR count). The second-order valence-corrected chi connectivity index (χ2v) is 6.71. The number of rotatable bonds is 5. The van der Waals surface area contributed by atoms with Crippen LogP contribution in [0.1, 0.15) is 15.9 Å².